The van der Waals surface area contributed by atoms with Crippen LogP contribution in [0.25, 0.3) is 0 Å². The van der Waals surface area contributed by atoms with Gasteiger partial charge in [-0.3, -0.25) is 0 Å². The van der Waals surface area contributed by atoms with Gasteiger partial charge in [0.2, 0.25) is 0 Å². The van der Waals surface area contributed by atoms with Crippen molar-refractivity contribution in [1.29, 1.82) is 0 Å². The molecular formula is C14H14F2N6O. The van der Waals surface area contributed by atoms with Crippen LogP contribution in [0.1, 0.15) is 18.5 Å². The maximum Gasteiger partial charge on any atom is 0.137 e. The highest BCUT2D eigenvalue weighted by Crippen LogP contribution is 2.36. The Bertz CT molecular complexity index is 777. The number of aromatic nitrogens is 6. The molecule has 2 unspecified atom stereocenters. The fourth-order valence-corrected chi connectivity index (χ4v) is 2.49. The number of aliphatic hydroxyl groups is 1. The predicted molar refractivity (Wildman–Crippen MR) is 75.0 cm³/mol. The lowest BCUT2D eigenvalue weighted by Crippen LogP contribution is -2.40. The van der Waals surface area contributed by atoms with Gasteiger partial charge in [0.15, 0.2) is 0 Å². The van der Waals surface area contributed by atoms with Crippen LogP contribution >= 0.6 is 0 Å². The van der Waals surface area contributed by atoms with Crippen molar-refractivity contribution in [2.45, 2.75) is 25.1 Å². The van der Waals surface area contributed by atoms with Gasteiger partial charge in [-0.1, -0.05) is 11.3 Å². The van der Waals surface area contributed by atoms with Crippen LogP contribution in [0.2, 0.25) is 0 Å². The van der Waals surface area contributed by atoms with Crippen molar-refractivity contribution in [2.75, 3.05) is 0 Å². The third kappa shape index (κ3) is 2.82. The van der Waals surface area contributed by atoms with Crippen LogP contribution < -0.4 is 0 Å². The predicted octanol–water partition coefficient (Wildman–Crippen LogP) is 1.30. The molecule has 0 amide bonds. The summed E-state index contributed by atoms with van der Waals surface area (Å²) in [7, 11) is 0. The Balaban J connectivity index is 2.08. The summed E-state index contributed by atoms with van der Waals surface area (Å²) in [6.07, 6.45) is 5.72. The van der Waals surface area contributed by atoms with Gasteiger partial charge in [-0.2, -0.15) is 5.10 Å². The Morgan fingerprint density at radius 1 is 1.35 bits per heavy atom. The summed E-state index contributed by atoms with van der Waals surface area (Å²) in [5, 5.41) is 22.7. The van der Waals surface area contributed by atoms with Crippen LogP contribution in [0.3, 0.4) is 0 Å². The molecule has 0 radical (unpaired) electrons. The third-order valence-corrected chi connectivity index (χ3v) is 3.80. The monoisotopic (exact) mass is 320 g/mol. The minimum Gasteiger partial charge on any atom is -0.381 e. The minimum absolute atomic E-state index is 0.0580. The average molecular weight is 320 g/mol. The Labute approximate surface area is 130 Å². The molecule has 0 aliphatic rings. The highest BCUT2D eigenvalue weighted by molar-refractivity contribution is 5.26. The van der Waals surface area contributed by atoms with Crippen molar-refractivity contribution in [3.05, 3.63) is 60.4 Å². The van der Waals surface area contributed by atoms with Crippen LogP contribution in [-0.4, -0.2) is 34.9 Å². The zero-order valence-corrected chi connectivity index (χ0v) is 12.2. The van der Waals surface area contributed by atoms with Gasteiger partial charge in [0.25, 0.3) is 0 Å². The van der Waals surface area contributed by atoms with Crippen LogP contribution in [0.4, 0.5) is 8.78 Å². The van der Waals surface area contributed by atoms with E-state index < -0.39 is 23.3 Å². The number of rotatable bonds is 5. The molecule has 1 N–H and O–H groups in total. The number of halogens is 2. The van der Waals surface area contributed by atoms with E-state index in [1.807, 2.05) is 0 Å². The first kappa shape index (κ1) is 15.2. The van der Waals surface area contributed by atoms with E-state index in [0.29, 0.717) is 0 Å². The molecule has 3 rings (SSSR count). The summed E-state index contributed by atoms with van der Waals surface area (Å²) >= 11 is 0. The first-order valence-corrected chi connectivity index (χ1v) is 6.87. The molecule has 0 fully saturated rings. The molecule has 2 aromatic heterocycles. The third-order valence-electron chi connectivity index (χ3n) is 3.80. The maximum atomic E-state index is 14.3. The van der Waals surface area contributed by atoms with Gasteiger partial charge < -0.3 is 5.11 Å². The standard InChI is InChI=1S/C14H14F2N6O/c1-10(22-5-4-18-20-22)14(23,7-21-9-17-8-19-21)12-3-2-11(15)6-13(12)16/h2-6,8-10,23H,7H2,1H3. The number of hydrogen-bond donors (Lipinski definition) is 1. The van der Waals surface area contributed by atoms with Crippen molar-refractivity contribution in [2.24, 2.45) is 0 Å². The highest BCUT2D eigenvalue weighted by atomic mass is 19.1. The Morgan fingerprint density at radius 3 is 2.78 bits per heavy atom. The molecule has 9 heteroatoms. The van der Waals surface area contributed by atoms with Gasteiger partial charge in [0, 0.05) is 17.8 Å². The largest absolute Gasteiger partial charge is 0.381 e. The van der Waals surface area contributed by atoms with E-state index in [0.717, 1.165) is 12.1 Å². The lowest BCUT2D eigenvalue weighted by Gasteiger charge is -2.34. The second kappa shape index (κ2) is 5.84. The number of benzene rings is 1. The fraction of sp³-hybridized carbons (Fsp3) is 0.286. The molecule has 2 atom stereocenters. The topological polar surface area (TPSA) is 81.6 Å². The van der Waals surface area contributed by atoms with Gasteiger partial charge >= 0.3 is 0 Å². The van der Waals surface area contributed by atoms with Crippen LogP contribution in [-0.2, 0) is 12.1 Å². The zero-order valence-electron chi connectivity index (χ0n) is 12.2. The highest BCUT2D eigenvalue weighted by Gasteiger charge is 2.40. The molecule has 0 spiro atoms. The number of hydrogen-bond acceptors (Lipinski definition) is 5. The van der Waals surface area contributed by atoms with Gasteiger partial charge in [0.05, 0.1) is 18.8 Å². The molecule has 0 aliphatic carbocycles. The fourth-order valence-electron chi connectivity index (χ4n) is 2.49. The summed E-state index contributed by atoms with van der Waals surface area (Å²) < 4.78 is 30.3. The molecule has 0 saturated heterocycles. The SMILES string of the molecule is CC(n1ccnn1)C(O)(Cn1cncn1)c1ccc(F)cc1F. The minimum atomic E-state index is -1.74. The van der Waals surface area contributed by atoms with Gasteiger partial charge in [-0.25, -0.2) is 23.1 Å². The zero-order chi connectivity index (χ0) is 16.4. The Hall–Kier alpha value is -2.68. The summed E-state index contributed by atoms with van der Waals surface area (Å²) in [5.41, 5.74) is -1.79. The van der Waals surface area contributed by atoms with Crippen LogP contribution in [0.15, 0.2) is 43.2 Å². The molecule has 0 saturated carbocycles. The molecule has 1 aromatic carbocycles. The lowest BCUT2D eigenvalue weighted by molar-refractivity contribution is -0.0374. The summed E-state index contributed by atoms with van der Waals surface area (Å²) in [5.74, 6) is -1.57. The smallest absolute Gasteiger partial charge is 0.137 e. The molecule has 2 heterocycles. The molecule has 120 valence electrons. The molecule has 3 aromatic rings. The van der Waals surface area contributed by atoms with Crippen molar-refractivity contribution in [1.82, 2.24) is 29.8 Å². The molecule has 0 aliphatic heterocycles. The molecule has 0 bridgehead atoms. The molecule has 23 heavy (non-hydrogen) atoms. The Kier molecular flexibility index (Phi) is 3.87. The average Bonchev–Trinajstić information content (AvgIpc) is 3.19. The normalized spacial score (nSPS) is 15.3. The van der Waals surface area contributed by atoms with Gasteiger partial charge in [-0.15, -0.1) is 5.10 Å². The van der Waals surface area contributed by atoms with Gasteiger partial charge in [0.1, 0.15) is 29.9 Å². The van der Waals surface area contributed by atoms with E-state index in [1.54, 1.807) is 13.1 Å². The van der Waals surface area contributed by atoms with E-state index in [4.69, 9.17) is 0 Å². The summed E-state index contributed by atoms with van der Waals surface area (Å²) in [4.78, 5) is 3.81. The van der Waals surface area contributed by atoms with E-state index in [9.17, 15) is 13.9 Å². The number of nitrogens with zero attached hydrogens (tertiary/aromatic N) is 6. The molecule has 7 nitrogen and oxygen atoms in total. The van der Waals surface area contributed by atoms with E-state index in [2.05, 4.69) is 20.4 Å². The summed E-state index contributed by atoms with van der Waals surface area (Å²) in [6.45, 7) is 1.57. The van der Waals surface area contributed by atoms with Gasteiger partial charge in [-0.05, 0) is 13.0 Å². The van der Waals surface area contributed by atoms with E-state index in [-0.39, 0.29) is 12.1 Å². The van der Waals surface area contributed by atoms with Crippen molar-refractivity contribution in [3.63, 3.8) is 0 Å². The quantitative estimate of drug-likeness (QED) is 0.766. The van der Waals surface area contributed by atoms with Crippen molar-refractivity contribution < 1.29 is 13.9 Å². The van der Waals surface area contributed by atoms with E-state index >= 15 is 0 Å². The van der Waals surface area contributed by atoms with Crippen LogP contribution in [0, 0.1) is 11.6 Å². The maximum absolute atomic E-state index is 14.3. The Morgan fingerprint density at radius 2 is 2.17 bits per heavy atom. The second-order valence-electron chi connectivity index (χ2n) is 5.20. The van der Waals surface area contributed by atoms with Crippen molar-refractivity contribution in [3.8, 4) is 0 Å². The second-order valence-corrected chi connectivity index (χ2v) is 5.20. The lowest BCUT2D eigenvalue weighted by atomic mass is 9.86. The van der Waals surface area contributed by atoms with Crippen LogP contribution in [0.5, 0.6) is 0 Å². The summed E-state index contributed by atoms with van der Waals surface area (Å²) in [6, 6.07) is 2.36. The molecular weight excluding hydrogens is 306 g/mol. The van der Waals surface area contributed by atoms with Crippen molar-refractivity contribution >= 4 is 0 Å². The van der Waals surface area contributed by atoms with E-state index in [1.165, 1.54) is 34.3 Å². The first-order valence-electron chi connectivity index (χ1n) is 6.87. The first-order chi connectivity index (χ1) is 11.0.